The lowest BCUT2D eigenvalue weighted by Crippen LogP contribution is -2.59. The molecule has 0 aliphatic carbocycles. The molecule has 1 aliphatic heterocycles. The van der Waals surface area contributed by atoms with Crippen LogP contribution in [-0.2, 0) is 9.59 Å². The third kappa shape index (κ3) is 2.76. The van der Waals surface area contributed by atoms with Gasteiger partial charge < -0.3 is 0 Å². The van der Waals surface area contributed by atoms with Crippen LogP contribution in [0.1, 0.15) is 24.8 Å². The monoisotopic (exact) mass is 304 g/mol. The van der Waals surface area contributed by atoms with Gasteiger partial charge in [0.1, 0.15) is 12.0 Å². The van der Waals surface area contributed by atoms with Crippen LogP contribution in [0.15, 0.2) is 24.3 Å². The van der Waals surface area contributed by atoms with Crippen LogP contribution in [0.2, 0.25) is 5.02 Å². The van der Waals surface area contributed by atoms with E-state index in [4.69, 9.17) is 18.0 Å². The maximum absolute atomic E-state index is 12.5. The van der Waals surface area contributed by atoms with Gasteiger partial charge in [-0.25, -0.2) is 9.69 Å². The second kappa shape index (κ2) is 5.98. The first kappa shape index (κ1) is 15.1. The van der Waals surface area contributed by atoms with E-state index in [-0.39, 0.29) is 0 Å². The summed E-state index contributed by atoms with van der Waals surface area (Å²) < 4.78 is 0. The molecule has 1 aliphatic rings. The molecule has 0 aromatic heterocycles. The molecule has 6 heteroatoms. The highest BCUT2D eigenvalue weighted by Crippen LogP contribution is 2.25. The number of nitrogens with one attached hydrogen (secondary N) is 1. The minimum absolute atomic E-state index is 0.414. The Labute approximate surface area is 127 Å². The number of barbiturate groups is 1. The van der Waals surface area contributed by atoms with Crippen LogP contribution >= 0.6 is 11.6 Å². The van der Waals surface area contributed by atoms with E-state index in [1.165, 1.54) is 0 Å². The average molecular weight is 305 g/mol. The molecule has 5 nitrogen and oxygen atoms in total. The van der Waals surface area contributed by atoms with Crippen molar-refractivity contribution in [3.05, 3.63) is 34.9 Å². The molecular formula is C15H13ClN2O3. The Kier molecular flexibility index (Phi) is 4.29. The van der Waals surface area contributed by atoms with Crippen LogP contribution < -0.4 is 5.32 Å². The maximum Gasteiger partial charge on any atom is 0.331 e. The van der Waals surface area contributed by atoms with Crippen molar-refractivity contribution in [3.63, 3.8) is 0 Å². The first-order valence-electron chi connectivity index (χ1n) is 6.39. The summed E-state index contributed by atoms with van der Waals surface area (Å²) in [5, 5.41) is 2.66. The van der Waals surface area contributed by atoms with Gasteiger partial charge in [0.25, 0.3) is 0 Å². The summed E-state index contributed by atoms with van der Waals surface area (Å²) in [6.07, 6.45) is 5.76. The number of hydrogen-bond acceptors (Lipinski definition) is 3. The fraction of sp³-hybridized carbons (Fsp3) is 0.267. The maximum atomic E-state index is 12.5. The standard InChI is InChI=1S/C15H13ClN2O3/c1-3-11(4-2)18-14(20)12(13(19)17-15(18)21)9-5-7-10(16)8-6-9/h1,5-8,11-12H,4H2,2H3,(H,17,19,21). The Bertz CT molecular complexity index is 633. The number of nitrogens with zero attached hydrogens (tertiary/aromatic N) is 1. The van der Waals surface area contributed by atoms with Crippen molar-refractivity contribution in [2.45, 2.75) is 25.3 Å². The molecule has 0 saturated carbocycles. The van der Waals surface area contributed by atoms with Gasteiger partial charge in [-0.1, -0.05) is 36.6 Å². The fourth-order valence-corrected chi connectivity index (χ4v) is 2.33. The second-order valence-corrected chi connectivity index (χ2v) is 5.01. The zero-order chi connectivity index (χ0) is 15.6. The molecule has 1 saturated heterocycles. The SMILES string of the molecule is C#CC(CC)N1C(=O)NC(=O)C(c2ccc(Cl)cc2)C1=O. The van der Waals surface area contributed by atoms with E-state index in [9.17, 15) is 14.4 Å². The van der Waals surface area contributed by atoms with Gasteiger partial charge in [-0.2, -0.15) is 0 Å². The number of hydrogen-bond donors (Lipinski definition) is 1. The molecule has 1 N–H and O–H groups in total. The van der Waals surface area contributed by atoms with Crippen molar-refractivity contribution < 1.29 is 14.4 Å². The number of carbonyl (C=O) groups is 3. The van der Waals surface area contributed by atoms with Crippen molar-refractivity contribution in [3.8, 4) is 12.3 Å². The minimum atomic E-state index is -1.10. The number of amides is 4. The summed E-state index contributed by atoms with van der Waals surface area (Å²) in [6.45, 7) is 1.76. The zero-order valence-electron chi connectivity index (χ0n) is 11.3. The van der Waals surface area contributed by atoms with E-state index < -0.39 is 29.8 Å². The average Bonchev–Trinajstić information content (AvgIpc) is 2.45. The Hall–Kier alpha value is -2.32. The van der Waals surface area contributed by atoms with E-state index in [1.54, 1.807) is 31.2 Å². The highest BCUT2D eigenvalue weighted by Gasteiger charge is 2.43. The molecule has 2 unspecified atom stereocenters. The number of halogens is 1. The molecular weight excluding hydrogens is 292 g/mol. The van der Waals surface area contributed by atoms with Gasteiger partial charge in [0.15, 0.2) is 0 Å². The van der Waals surface area contributed by atoms with Crippen molar-refractivity contribution >= 4 is 29.4 Å². The van der Waals surface area contributed by atoms with Crippen molar-refractivity contribution in [2.75, 3.05) is 0 Å². The predicted octanol–water partition coefficient (Wildman–Crippen LogP) is 1.91. The highest BCUT2D eigenvalue weighted by atomic mass is 35.5. The fourth-order valence-electron chi connectivity index (χ4n) is 2.21. The summed E-state index contributed by atoms with van der Waals surface area (Å²) in [5.41, 5.74) is 0.464. The summed E-state index contributed by atoms with van der Waals surface area (Å²) in [6, 6.07) is 4.86. The zero-order valence-corrected chi connectivity index (χ0v) is 12.1. The van der Waals surface area contributed by atoms with Gasteiger partial charge >= 0.3 is 6.03 Å². The molecule has 0 radical (unpaired) electrons. The van der Waals surface area contributed by atoms with Crippen molar-refractivity contribution in [1.29, 1.82) is 0 Å². The molecule has 1 aromatic carbocycles. The van der Waals surface area contributed by atoms with E-state index in [2.05, 4.69) is 11.2 Å². The Balaban J connectivity index is 2.40. The third-order valence-electron chi connectivity index (χ3n) is 3.29. The molecule has 0 spiro atoms. The van der Waals surface area contributed by atoms with Crippen LogP contribution in [0.25, 0.3) is 0 Å². The lowest BCUT2D eigenvalue weighted by atomic mass is 9.94. The number of carbonyl (C=O) groups excluding carboxylic acids is 3. The molecule has 108 valence electrons. The molecule has 2 rings (SSSR count). The van der Waals surface area contributed by atoms with E-state index in [1.807, 2.05) is 0 Å². The first-order valence-corrected chi connectivity index (χ1v) is 6.76. The lowest BCUT2D eigenvalue weighted by molar-refractivity contribution is -0.139. The smallest absolute Gasteiger partial charge is 0.277 e. The normalized spacial score (nSPS) is 20.0. The number of imide groups is 2. The second-order valence-electron chi connectivity index (χ2n) is 4.58. The van der Waals surface area contributed by atoms with Gasteiger partial charge in [-0.15, -0.1) is 6.42 Å². The van der Waals surface area contributed by atoms with Gasteiger partial charge in [-0.05, 0) is 24.1 Å². The summed E-state index contributed by atoms with van der Waals surface area (Å²) in [7, 11) is 0. The highest BCUT2D eigenvalue weighted by molar-refractivity contribution is 6.30. The molecule has 1 aromatic rings. The first-order chi connectivity index (χ1) is 9.99. The summed E-state index contributed by atoms with van der Waals surface area (Å²) in [4.78, 5) is 37.3. The molecule has 1 heterocycles. The molecule has 21 heavy (non-hydrogen) atoms. The largest absolute Gasteiger partial charge is 0.331 e. The van der Waals surface area contributed by atoms with Crippen LogP contribution in [0.4, 0.5) is 4.79 Å². The third-order valence-corrected chi connectivity index (χ3v) is 3.54. The predicted molar refractivity (Wildman–Crippen MR) is 77.5 cm³/mol. The van der Waals surface area contributed by atoms with Gasteiger partial charge in [0.05, 0.1) is 0 Å². The molecule has 0 bridgehead atoms. The van der Waals surface area contributed by atoms with Crippen LogP contribution in [0.5, 0.6) is 0 Å². The number of rotatable bonds is 3. The van der Waals surface area contributed by atoms with Crippen LogP contribution in [-0.4, -0.2) is 28.8 Å². The van der Waals surface area contributed by atoms with Crippen molar-refractivity contribution in [1.82, 2.24) is 10.2 Å². The minimum Gasteiger partial charge on any atom is -0.277 e. The van der Waals surface area contributed by atoms with Gasteiger partial charge in [0.2, 0.25) is 11.8 Å². The van der Waals surface area contributed by atoms with E-state index >= 15 is 0 Å². The van der Waals surface area contributed by atoms with Crippen molar-refractivity contribution in [2.24, 2.45) is 0 Å². The molecule has 1 fully saturated rings. The molecule has 4 amide bonds. The van der Waals surface area contributed by atoms with Crippen LogP contribution in [0, 0.1) is 12.3 Å². The number of terminal acetylenes is 1. The van der Waals surface area contributed by atoms with Crippen LogP contribution in [0.3, 0.4) is 0 Å². The Morgan fingerprint density at radius 1 is 1.33 bits per heavy atom. The quantitative estimate of drug-likeness (QED) is 0.685. The Morgan fingerprint density at radius 3 is 2.48 bits per heavy atom. The lowest BCUT2D eigenvalue weighted by Gasteiger charge is -2.33. The van der Waals surface area contributed by atoms with E-state index in [0.717, 1.165) is 4.90 Å². The van der Waals surface area contributed by atoms with Gasteiger partial charge in [-0.3, -0.25) is 14.9 Å². The Morgan fingerprint density at radius 2 is 1.95 bits per heavy atom. The van der Waals surface area contributed by atoms with Gasteiger partial charge in [0, 0.05) is 5.02 Å². The number of benzene rings is 1. The summed E-state index contributed by atoms with van der Waals surface area (Å²) in [5.74, 6) is 0.0231. The topological polar surface area (TPSA) is 66.5 Å². The molecule has 2 atom stereocenters. The summed E-state index contributed by atoms with van der Waals surface area (Å²) >= 11 is 5.79. The number of urea groups is 1. The van der Waals surface area contributed by atoms with E-state index in [0.29, 0.717) is 17.0 Å².